The number of rotatable bonds is 5. The monoisotopic (exact) mass is 274 g/mol. The van der Waals surface area contributed by atoms with Crippen LogP contribution in [0.15, 0.2) is 48.5 Å². The van der Waals surface area contributed by atoms with E-state index < -0.39 is 0 Å². The van der Waals surface area contributed by atoms with Crippen LogP contribution in [0, 0.1) is 5.82 Å². The summed E-state index contributed by atoms with van der Waals surface area (Å²) in [6.07, 6.45) is 0. The smallest absolute Gasteiger partial charge is 0.258 e. The number of benzene rings is 2. The number of nitrogens with two attached hydrogens (primary N) is 1. The molecule has 0 spiro atoms. The van der Waals surface area contributed by atoms with Gasteiger partial charge in [-0.2, -0.15) is 0 Å². The minimum absolute atomic E-state index is 0.112. The van der Waals surface area contributed by atoms with Crippen molar-refractivity contribution in [3.63, 3.8) is 0 Å². The average molecular weight is 274 g/mol. The summed E-state index contributed by atoms with van der Waals surface area (Å²) in [6, 6.07) is 12.9. The quantitative estimate of drug-likeness (QED) is 0.821. The van der Waals surface area contributed by atoms with Gasteiger partial charge in [-0.1, -0.05) is 18.2 Å². The van der Waals surface area contributed by atoms with E-state index in [4.69, 9.17) is 10.5 Å². The Labute approximate surface area is 116 Å². The zero-order valence-electron chi connectivity index (χ0n) is 10.8. The molecule has 1 amide bonds. The van der Waals surface area contributed by atoms with Crippen molar-refractivity contribution < 1.29 is 13.9 Å². The number of carbonyl (C=O) groups excluding carboxylic acids is 1. The SMILES string of the molecule is Nc1cccc(OCC(=O)NCc2cccc(F)c2)c1. The molecule has 5 heteroatoms. The van der Waals surface area contributed by atoms with Crippen molar-refractivity contribution in [2.75, 3.05) is 12.3 Å². The van der Waals surface area contributed by atoms with Gasteiger partial charge in [0.05, 0.1) is 0 Å². The molecule has 0 radical (unpaired) electrons. The van der Waals surface area contributed by atoms with Crippen molar-refractivity contribution in [2.24, 2.45) is 0 Å². The maximum Gasteiger partial charge on any atom is 0.258 e. The van der Waals surface area contributed by atoms with E-state index in [1.54, 1.807) is 36.4 Å². The van der Waals surface area contributed by atoms with E-state index >= 15 is 0 Å². The number of hydrogen-bond acceptors (Lipinski definition) is 3. The van der Waals surface area contributed by atoms with Gasteiger partial charge in [-0.15, -0.1) is 0 Å². The Morgan fingerprint density at radius 2 is 2.00 bits per heavy atom. The highest BCUT2D eigenvalue weighted by Gasteiger charge is 2.03. The third-order valence-electron chi connectivity index (χ3n) is 2.61. The lowest BCUT2D eigenvalue weighted by Gasteiger charge is -2.08. The molecule has 2 aromatic rings. The van der Waals surface area contributed by atoms with E-state index in [0.29, 0.717) is 17.0 Å². The summed E-state index contributed by atoms with van der Waals surface area (Å²) in [5.74, 6) is -0.0737. The van der Waals surface area contributed by atoms with Crippen molar-refractivity contribution in [2.45, 2.75) is 6.54 Å². The second kappa shape index (κ2) is 6.56. The molecule has 0 aliphatic carbocycles. The molecule has 20 heavy (non-hydrogen) atoms. The van der Waals surface area contributed by atoms with Gasteiger partial charge in [-0.25, -0.2) is 4.39 Å². The normalized spacial score (nSPS) is 10.1. The van der Waals surface area contributed by atoms with Crippen LogP contribution in [0.25, 0.3) is 0 Å². The van der Waals surface area contributed by atoms with Crippen LogP contribution in [0.2, 0.25) is 0 Å². The van der Waals surface area contributed by atoms with Gasteiger partial charge in [0.2, 0.25) is 0 Å². The molecule has 0 heterocycles. The lowest BCUT2D eigenvalue weighted by atomic mass is 10.2. The van der Waals surface area contributed by atoms with E-state index in [1.165, 1.54) is 12.1 Å². The molecule has 3 N–H and O–H groups in total. The first-order valence-corrected chi connectivity index (χ1v) is 6.13. The Kier molecular flexibility index (Phi) is 4.55. The van der Waals surface area contributed by atoms with E-state index in [9.17, 15) is 9.18 Å². The van der Waals surface area contributed by atoms with Gasteiger partial charge in [0.25, 0.3) is 5.91 Å². The lowest BCUT2D eigenvalue weighted by Crippen LogP contribution is -2.28. The van der Waals surface area contributed by atoms with E-state index in [2.05, 4.69) is 5.32 Å². The standard InChI is InChI=1S/C15H15FN2O2/c16-12-4-1-3-11(7-12)9-18-15(19)10-20-14-6-2-5-13(17)8-14/h1-8H,9-10,17H2,(H,18,19). The number of amides is 1. The van der Waals surface area contributed by atoms with Crippen LogP contribution in [-0.2, 0) is 11.3 Å². The largest absolute Gasteiger partial charge is 0.484 e. The Hall–Kier alpha value is -2.56. The minimum atomic E-state index is -0.326. The lowest BCUT2D eigenvalue weighted by molar-refractivity contribution is -0.123. The first-order chi connectivity index (χ1) is 9.63. The predicted molar refractivity (Wildman–Crippen MR) is 74.6 cm³/mol. The molecular weight excluding hydrogens is 259 g/mol. The van der Waals surface area contributed by atoms with Gasteiger partial charge in [-0.3, -0.25) is 4.79 Å². The maximum absolute atomic E-state index is 12.9. The fourth-order valence-corrected chi connectivity index (χ4v) is 1.65. The summed E-state index contributed by atoms with van der Waals surface area (Å²) in [4.78, 5) is 11.6. The number of halogens is 1. The van der Waals surface area contributed by atoms with E-state index in [-0.39, 0.29) is 24.9 Å². The Morgan fingerprint density at radius 1 is 1.20 bits per heavy atom. The third kappa shape index (κ3) is 4.28. The first kappa shape index (κ1) is 13.9. The zero-order valence-corrected chi connectivity index (χ0v) is 10.8. The van der Waals surface area contributed by atoms with Crippen molar-refractivity contribution >= 4 is 11.6 Å². The van der Waals surface area contributed by atoms with E-state index in [1.807, 2.05) is 0 Å². The Balaban J connectivity index is 1.78. The molecular formula is C15H15FN2O2. The van der Waals surface area contributed by atoms with Gasteiger partial charge in [0, 0.05) is 18.3 Å². The third-order valence-corrected chi connectivity index (χ3v) is 2.61. The number of carbonyl (C=O) groups is 1. The van der Waals surface area contributed by atoms with Crippen molar-refractivity contribution in [3.05, 3.63) is 59.9 Å². The number of nitrogen functional groups attached to an aromatic ring is 1. The summed E-state index contributed by atoms with van der Waals surface area (Å²) in [5, 5.41) is 2.65. The van der Waals surface area contributed by atoms with Gasteiger partial charge >= 0.3 is 0 Å². The van der Waals surface area contributed by atoms with Crippen LogP contribution < -0.4 is 15.8 Å². The molecule has 0 bridgehead atoms. The molecule has 0 atom stereocenters. The summed E-state index contributed by atoms with van der Waals surface area (Å²) >= 11 is 0. The number of ether oxygens (including phenoxy) is 1. The number of nitrogens with one attached hydrogen (secondary N) is 1. The molecule has 0 fully saturated rings. The highest BCUT2D eigenvalue weighted by Crippen LogP contribution is 2.14. The van der Waals surface area contributed by atoms with E-state index in [0.717, 1.165) is 0 Å². The summed E-state index contributed by atoms with van der Waals surface area (Å²) in [5.41, 5.74) is 6.87. The highest BCUT2D eigenvalue weighted by atomic mass is 19.1. The first-order valence-electron chi connectivity index (χ1n) is 6.13. The fraction of sp³-hybridized carbons (Fsp3) is 0.133. The second-order valence-corrected chi connectivity index (χ2v) is 4.27. The molecule has 4 nitrogen and oxygen atoms in total. The molecule has 0 aliphatic rings. The zero-order chi connectivity index (χ0) is 14.4. The predicted octanol–water partition coefficient (Wildman–Crippen LogP) is 2.10. The van der Waals surface area contributed by atoms with Crippen LogP contribution in [0.4, 0.5) is 10.1 Å². The van der Waals surface area contributed by atoms with Crippen molar-refractivity contribution in [1.82, 2.24) is 5.32 Å². The highest BCUT2D eigenvalue weighted by molar-refractivity contribution is 5.77. The van der Waals surface area contributed by atoms with Gasteiger partial charge in [0.1, 0.15) is 11.6 Å². The molecule has 0 saturated carbocycles. The molecule has 2 rings (SSSR count). The maximum atomic E-state index is 12.9. The topological polar surface area (TPSA) is 64.3 Å². The van der Waals surface area contributed by atoms with Crippen molar-refractivity contribution in [3.8, 4) is 5.75 Å². The molecule has 0 aliphatic heterocycles. The summed E-state index contributed by atoms with van der Waals surface area (Å²) in [6.45, 7) is 0.148. The minimum Gasteiger partial charge on any atom is -0.484 e. The fourth-order valence-electron chi connectivity index (χ4n) is 1.65. The van der Waals surface area contributed by atoms with Gasteiger partial charge in [-0.05, 0) is 29.8 Å². The second-order valence-electron chi connectivity index (χ2n) is 4.27. The molecule has 0 saturated heterocycles. The molecule has 104 valence electrons. The van der Waals surface area contributed by atoms with Crippen LogP contribution >= 0.6 is 0 Å². The Morgan fingerprint density at radius 3 is 2.75 bits per heavy atom. The van der Waals surface area contributed by atoms with Crippen LogP contribution in [0.3, 0.4) is 0 Å². The molecule has 2 aromatic carbocycles. The van der Waals surface area contributed by atoms with Crippen LogP contribution in [0.1, 0.15) is 5.56 Å². The van der Waals surface area contributed by atoms with Gasteiger partial charge < -0.3 is 15.8 Å². The number of hydrogen-bond donors (Lipinski definition) is 2. The van der Waals surface area contributed by atoms with Crippen LogP contribution in [0.5, 0.6) is 5.75 Å². The average Bonchev–Trinajstić information content (AvgIpc) is 2.43. The van der Waals surface area contributed by atoms with Gasteiger partial charge in [0.15, 0.2) is 6.61 Å². The molecule has 0 unspecified atom stereocenters. The molecule has 0 aromatic heterocycles. The number of anilines is 1. The summed E-state index contributed by atoms with van der Waals surface area (Å²) in [7, 11) is 0. The van der Waals surface area contributed by atoms with Crippen molar-refractivity contribution in [1.29, 1.82) is 0 Å². The summed E-state index contributed by atoms with van der Waals surface area (Å²) < 4.78 is 18.2. The Bertz CT molecular complexity index is 550. The van der Waals surface area contributed by atoms with Crippen LogP contribution in [-0.4, -0.2) is 12.5 Å².